The number of carbonyl (C=O) groups excluding carboxylic acids is 2. The number of hydrogen-bond acceptors (Lipinski definition) is 3. The van der Waals surface area contributed by atoms with Crippen LogP contribution in [-0.4, -0.2) is 29.1 Å². The van der Waals surface area contributed by atoms with E-state index in [4.69, 9.17) is 0 Å². The number of benzene rings is 2. The zero-order valence-electron chi connectivity index (χ0n) is 19.6. The van der Waals surface area contributed by atoms with E-state index in [1.54, 1.807) is 13.8 Å². The number of amides is 2. The summed E-state index contributed by atoms with van der Waals surface area (Å²) in [4.78, 5) is 25.3. The van der Waals surface area contributed by atoms with Gasteiger partial charge < -0.3 is 5.32 Å². The summed E-state index contributed by atoms with van der Waals surface area (Å²) < 4.78 is 28.6. The van der Waals surface area contributed by atoms with Gasteiger partial charge in [-0.1, -0.05) is 58.0 Å². The van der Waals surface area contributed by atoms with Crippen LogP contribution >= 0.6 is 0 Å². The molecule has 0 bridgehead atoms. The first-order chi connectivity index (χ1) is 15.7. The summed E-state index contributed by atoms with van der Waals surface area (Å²) in [7, 11) is 0. The number of nitrogens with zero attached hydrogens (tertiary/aromatic N) is 2. The largest absolute Gasteiger partial charge is 0.356 e. The van der Waals surface area contributed by atoms with Crippen LogP contribution in [0.1, 0.15) is 58.1 Å². The molecule has 0 saturated carbocycles. The first-order valence-electron chi connectivity index (χ1n) is 11.4. The van der Waals surface area contributed by atoms with Gasteiger partial charge in [0.2, 0.25) is 11.8 Å². The molecule has 0 aliphatic carbocycles. The van der Waals surface area contributed by atoms with Gasteiger partial charge in [0.15, 0.2) is 0 Å². The van der Waals surface area contributed by atoms with Gasteiger partial charge in [-0.15, -0.1) is 0 Å². The molecule has 1 aliphatic rings. The van der Waals surface area contributed by atoms with Gasteiger partial charge in [0.25, 0.3) is 0 Å². The van der Waals surface area contributed by atoms with Crippen LogP contribution in [0.2, 0.25) is 0 Å². The third-order valence-electron chi connectivity index (χ3n) is 5.93. The van der Waals surface area contributed by atoms with Crippen LogP contribution in [0.3, 0.4) is 0 Å². The summed E-state index contributed by atoms with van der Waals surface area (Å²) in [5.74, 6) is -1.84. The molecule has 0 radical (unpaired) electrons. The monoisotopic (exact) mass is 455 g/mol. The third kappa shape index (κ3) is 5.29. The molecule has 0 fully saturated rings. The van der Waals surface area contributed by atoms with Gasteiger partial charge in [0.1, 0.15) is 11.6 Å². The molecule has 1 aliphatic heterocycles. The van der Waals surface area contributed by atoms with Gasteiger partial charge in [-0.2, -0.15) is 5.10 Å². The third-order valence-corrected chi connectivity index (χ3v) is 5.93. The Morgan fingerprint density at radius 2 is 1.76 bits per heavy atom. The second-order valence-corrected chi connectivity index (χ2v) is 9.10. The Labute approximate surface area is 193 Å². The molecule has 7 heteroatoms. The van der Waals surface area contributed by atoms with E-state index in [0.29, 0.717) is 25.1 Å². The normalized spacial score (nSPS) is 18.1. The first-order valence-corrected chi connectivity index (χ1v) is 11.4. The minimum Gasteiger partial charge on any atom is -0.356 e. The fraction of sp³-hybridized carbons (Fsp3) is 0.423. The van der Waals surface area contributed by atoms with Crippen LogP contribution in [0.5, 0.6) is 0 Å². The van der Waals surface area contributed by atoms with E-state index in [1.807, 2.05) is 44.2 Å². The predicted molar refractivity (Wildman–Crippen MR) is 124 cm³/mol. The molecular formula is C26H31F2N3O2. The van der Waals surface area contributed by atoms with Crippen molar-refractivity contribution in [3.63, 3.8) is 0 Å². The summed E-state index contributed by atoms with van der Waals surface area (Å²) in [6, 6.07) is 12.8. The van der Waals surface area contributed by atoms with E-state index in [1.165, 1.54) is 5.01 Å². The maximum Gasteiger partial charge on any atom is 0.246 e. The zero-order chi connectivity index (χ0) is 24.2. The van der Waals surface area contributed by atoms with Crippen molar-refractivity contribution in [2.75, 3.05) is 6.54 Å². The summed E-state index contributed by atoms with van der Waals surface area (Å²) in [5.41, 5.74) is 0.391. The Bertz CT molecular complexity index is 1040. The molecule has 2 amide bonds. The van der Waals surface area contributed by atoms with Crippen molar-refractivity contribution in [3.8, 4) is 0 Å². The number of nitrogens with one attached hydrogen (secondary N) is 1. The maximum atomic E-state index is 14.6. The molecule has 1 N–H and O–H groups in total. The smallest absolute Gasteiger partial charge is 0.246 e. The molecule has 0 aromatic heterocycles. The first kappa shape index (κ1) is 24.6. The van der Waals surface area contributed by atoms with Crippen LogP contribution in [-0.2, 0) is 15.1 Å². The zero-order valence-corrected chi connectivity index (χ0v) is 19.6. The average molecular weight is 456 g/mol. The molecule has 1 heterocycles. The van der Waals surface area contributed by atoms with Crippen LogP contribution < -0.4 is 5.32 Å². The molecule has 176 valence electrons. The average Bonchev–Trinajstić information content (AvgIpc) is 3.18. The lowest BCUT2D eigenvalue weighted by molar-refractivity contribution is -0.141. The highest BCUT2D eigenvalue weighted by atomic mass is 19.1. The number of hydrogen-bond donors (Lipinski definition) is 1. The topological polar surface area (TPSA) is 61.8 Å². The second-order valence-electron chi connectivity index (χ2n) is 9.10. The highest BCUT2D eigenvalue weighted by molar-refractivity contribution is 6.04. The predicted octanol–water partition coefficient (Wildman–Crippen LogP) is 5.01. The second kappa shape index (κ2) is 10.2. The van der Waals surface area contributed by atoms with Crippen molar-refractivity contribution in [3.05, 3.63) is 71.3 Å². The minimum absolute atomic E-state index is 0.0379. The molecule has 5 nitrogen and oxygen atoms in total. The van der Waals surface area contributed by atoms with Crippen LogP contribution in [0, 0.1) is 23.5 Å². The molecule has 0 saturated heterocycles. The van der Waals surface area contributed by atoms with Crippen LogP contribution in [0.15, 0.2) is 53.6 Å². The summed E-state index contributed by atoms with van der Waals surface area (Å²) in [6.45, 7) is 7.68. The lowest BCUT2D eigenvalue weighted by Gasteiger charge is -2.38. The van der Waals surface area contributed by atoms with Crippen molar-refractivity contribution in [2.45, 2.75) is 52.5 Å². The quantitative estimate of drug-likeness (QED) is 0.569. The summed E-state index contributed by atoms with van der Waals surface area (Å²) in [6.07, 6.45) is 1.33. The van der Waals surface area contributed by atoms with Gasteiger partial charge in [-0.25, -0.2) is 13.8 Å². The van der Waals surface area contributed by atoms with Crippen molar-refractivity contribution in [1.82, 2.24) is 10.3 Å². The van der Waals surface area contributed by atoms with E-state index in [-0.39, 0.29) is 35.6 Å². The van der Waals surface area contributed by atoms with Crippen LogP contribution in [0.4, 0.5) is 8.78 Å². The number of halogens is 2. The molecule has 2 aromatic rings. The van der Waals surface area contributed by atoms with Crippen molar-refractivity contribution >= 4 is 17.5 Å². The lowest BCUT2D eigenvalue weighted by Crippen LogP contribution is -2.45. The SMILES string of the molecule is CC(C)C(=O)NCCCC1(c2ccccc2)CC(c2cc(F)ccc2F)=NN1C(=O)C(C)C. The highest BCUT2D eigenvalue weighted by Crippen LogP contribution is 2.43. The Kier molecular flexibility index (Phi) is 7.61. The minimum atomic E-state index is -0.862. The van der Waals surface area contributed by atoms with Gasteiger partial charge in [0, 0.05) is 30.4 Å². The standard InChI is InChI=1S/C26H31F2N3O2/c1-17(2)24(32)29-14-8-13-26(19-9-6-5-7-10-19)16-23(30-31(26)25(33)18(3)4)21-15-20(27)11-12-22(21)28/h5-7,9-12,15,17-18H,8,13-14,16H2,1-4H3,(H,29,32). The van der Waals surface area contributed by atoms with E-state index in [9.17, 15) is 18.4 Å². The lowest BCUT2D eigenvalue weighted by atomic mass is 9.80. The van der Waals surface area contributed by atoms with Gasteiger partial charge in [0.05, 0.1) is 11.3 Å². The Hall–Kier alpha value is -3.09. The molecule has 33 heavy (non-hydrogen) atoms. The molecule has 2 aromatic carbocycles. The Morgan fingerprint density at radius 1 is 1.06 bits per heavy atom. The van der Waals surface area contributed by atoms with Crippen molar-refractivity contribution < 1.29 is 18.4 Å². The molecule has 0 spiro atoms. The van der Waals surface area contributed by atoms with Gasteiger partial charge in [-0.3, -0.25) is 9.59 Å². The van der Waals surface area contributed by atoms with Gasteiger partial charge >= 0.3 is 0 Å². The number of hydrazone groups is 1. The van der Waals surface area contributed by atoms with Gasteiger partial charge in [-0.05, 0) is 36.6 Å². The van der Waals surface area contributed by atoms with E-state index in [2.05, 4.69) is 10.4 Å². The molecule has 1 unspecified atom stereocenters. The number of carbonyl (C=O) groups is 2. The van der Waals surface area contributed by atoms with E-state index >= 15 is 0 Å². The maximum absolute atomic E-state index is 14.6. The Morgan fingerprint density at radius 3 is 2.39 bits per heavy atom. The molecular weight excluding hydrogens is 424 g/mol. The number of rotatable bonds is 8. The Balaban J connectivity index is 2.01. The fourth-order valence-corrected chi connectivity index (χ4v) is 4.08. The van der Waals surface area contributed by atoms with Crippen LogP contribution in [0.25, 0.3) is 0 Å². The fourth-order valence-electron chi connectivity index (χ4n) is 4.08. The molecule has 1 atom stereocenters. The summed E-state index contributed by atoms with van der Waals surface area (Å²) in [5, 5.41) is 8.93. The summed E-state index contributed by atoms with van der Waals surface area (Å²) >= 11 is 0. The van der Waals surface area contributed by atoms with Crippen molar-refractivity contribution in [2.24, 2.45) is 16.9 Å². The van der Waals surface area contributed by atoms with Crippen molar-refractivity contribution in [1.29, 1.82) is 0 Å². The van der Waals surface area contributed by atoms with E-state index < -0.39 is 17.2 Å². The van der Waals surface area contributed by atoms with E-state index in [0.717, 1.165) is 23.8 Å². The molecule has 3 rings (SSSR count). The highest BCUT2D eigenvalue weighted by Gasteiger charge is 2.47.